The van der Waals surface area contributed by atoms with Gasteiger partial charge in [0.05, 0.1) is 21.7 Å². The summed E-state index contributed by atoms with van der Waals surface area (Å²) in [6.45, 7) is 2.19. The number of likely N-dealkylation sites (tertiary alicyclic amines) is 1. The minimum absolute atomic E-state index is 0.0415. The number of benzene rings is 2. The van der Waals surface area contributed by atoms with Crippen LogP contribution in [0.4, 0.5) is 17.6 Å². The smallest absolute Gasteiger partial charge is 0.439 e. The van der Waals surface area contributed by atoms with E-state index in [4.69, 9.17) is 9.72 Å². The quantitative estimate of drug-likeness (QED) is 0.287. The molecule has 1 fully saturated rings. The molecule has 0 bridgehead atoms. The number of rotatable bonds is 8. The van der Waals surface area contributed by atoms with Crippen molar-refractivity contribution < 1.29 is 31.9 Å². The molecule has 2 N–H and O–H groups in total. The van der Waals surface area contributed by atoms with Gasteiger partial charge in [-0.2, -0.15) is 13.2 Å². The van der Waals surface area contributed by atoms with Crippen LogP contribution in [-0.4, -0.2) is 44.8 Å². The second kappa shape index (κ2) is 11.3. The number of aliphatic hydroxyl groups is 1. The Morgan fingerprint density at radius 1 is 1.21 bits per heavy atom. The first-order chi connectivity index (χ1) is 18.7. The molecule has 1 atom stereocenters. The molecule has 3 heterocycles. The van der Waals surface area contributed by atoms with Crippen molar-refractivity contribution >= 4 is 11.3 Å². The van der Waals surface area contributed by atoms with Crippen molar-refractivity contribution in [1.29, 1.82) is 0 Å². The van der Waals surface area contributed by atoms with E-state index in [0.29, 0.717) is 29.4 Å². The van der Waals surface area contributed by atoms with Crippen LogP contribution in [0.1, 0.15) is 29.0 Å². The van der Waals surface area contributed by atoms with E-state index >= 15 is 0 Å². The van der Waals surface area contributed by atoms with E-state index in [1.54, 1.807) is 0 Å². The number of nitrogens with one attached hydrogen (secondary N) is 1. The molecule has 8 nitrogen and oxygen atoms in total. The Kier molecular flexibility index (Phi) is 7.82. The Morgan fingerprint density at radius 3 is 2.67 bits per heavy atom. The van der Waals surface area contributed by atoms with Crippen LogP contribution in [0.5, 0.6) is 5.75 Å². The predicted octanol–water partition coefficient (Wildman–Crippen LogP) is 5.09. The molecule has 2 aromatic carbocycles. The van der Waals surface area contributed by atoms with Gasteiger partial charge in [-0.3, -0.25) is 14.4 Å². The Balaban J connectivity index is 1.38. The number of piperidine rings is 1. The summed E-state index contributed by atoms with van der Waals surface area (Å²) in [7, 11) is 0. The lowest BCUT2D eigenvalue weighted by Crippen LogP contribution is -2.36. The topological polar surface area (TPSA) is 104 Å². The van der Waals surface area contributed by atoms with E-state index in [2.05, 4.69) is 19.6 Å². The van der Waals surface area contributed by atoms with Crippen LogP contribution < -0.4 is 10.5 Å². The summed E-state index contributed by atoms with van der Waals surface area (Å²) >= 11 is 1.30. The van der Waals surface area contributed by atoms with Gasteiger partial charge in [0.2, 0.25) is 0 Å². The van der Waals surface area contributed by atoms with E-state index in [1.807, 2.05) is 0 Å². The van der Waals surface area contributed by atoms with Crippen LogP contribution in [0.2, 0.25) is 0 Å². The summed E-state index contributed by atoms with van der Waals surface area (Å²) in [5.41, 5.74) is 0.560. The fourth-order valence-electron chi connectivity index (χ4n) is 4.47. The predicted molar refractivity (Wildman–Crippen MR) is 134 cm³/mol. The molecular weight excluding hydrogens is 540 g/mol. The zero-order chi connectivity index (χ0) is 27.6. The van der Waals surface area contributed by atoms with E-state index < -0.39 is 23.3 Å². The van der Waals surface area contributed by atoms with Gasteiger partial charge in [0.1, 0.15) is 23.2 Å². The molecule has 1 aliphatic rings. The van der Waals surface area contributed by atoms with Gasteiger partial charge in [0.15, 0.2) is 5.82 Å². The average molecular weight is 565 g/mol. The highest BCUT2D eigenvalue weighted by molar-refractivity contribution is 7.15. The van der Waals surface area contributed by atoms with Crippen LogP contribution >= 0.6 is 11.3 Å². The Bertz CT molecular complexity index is 1480. The summed E-state index contributed by atoms with van der Waals surface area (Å²) in [6, 6.07) is 8.92. The van der Waals surface area contributed by atoms with Crippen molar-refractivity contribution in [1.82, 2.24) is 20.0 Å². The number of nitrogens with zero attached hydrogens (tertiary/aromatic N) is 3. The maximum absolute atomic E-state index is 14.7. The van der Waals surface area contributed by atoms with Gasteiger partial charge < -0.3 is 9.84 Å². The first-order valence-corrected chi connectivity index (χ1v) is 13.0. The highest BCUT2D eigenvalue weighted by atomic mass is 32.1. The fraction of sp³-hybridized carbons (Fsp3) is 0.346. The third-order valence-corrected chi connectivity index (χ3v) is 7.60. The van der Waals surface area contributed by atoms with Gasteiger partial charge in [-0.25, -0.2) is 14.2 Å². The average Bonchev–Trinajstić information content (AvgIpc) is 3.53. The minimum Gasteiger partial charge on any atom is -0.488 e. The lowest BCUT2D eigenvalue weighted by Gasteiger charge is -2.31. The minimum atomic E-state index is -4.43. The van der Waals surface area contributed by atoms with Gasteiger partial charge in [-0.05, 0) is 49.6 Å². The number of thiazole rings is 1. The molecule has 0 spiro atoms. The molecule has 0 aliphatic carbocycles. The van der Waals surface area contributed by atoms with Crippen molar-refractivity contribution in [3.05, 3.63) is 75.0 Å². The number of halogens is 4. The zero-order valence-electron chi connectivity index (χ0n) is 20.5. The lowest BCUT2D eigenvalue weighted by molar-refractivity contribution is -0.137. The summed E-state index contributed by atoms with van der Waals surface area (Å²) in [4.78, 5) is 21.1. The van der Waals surface area contributed by atoms with Crippen molar-refractivity contribution in [3.8, 4) is 27.7 Å². The number of hydrogen-bond donors (Lipinski definition) is 2. The highest BCUT2D eigenvalue weighted by Crippen LogP contribution is 2.34. The number of aromatic amines is 1. The first-order valence-electron chi connectivity index (χ1n) is 12.2. The molecular formula is C26H24F4N4O4S. The molecule has 0 amide bonds. The Hall–Kier alpha value is -3.55. The normalized spacial score (nSPS) is 16.5. The van der Waals surface area contributed by atoms with Gasteiger partial charge >= 0.3 is 11.9 Å². The monoisotopic (exact) mass is 564 g/mol. The summed E-state index contributed by atoms with van der Waals surface area (Å²) < 4.78 is 64.0. The largest absolute Gasteiger partial charge is 0.488 e. The molecule has 1 aliphatic heterocycles. The maximum Gasteiger partial charge on any atom is 0.439 e. The number of hydrogen-bond acceptors (Lipinski definition) is 8. The molecule has 0 saturated carbocycles. The van der Waals surface area contributed by atoms with Crippen molar-refractivity contribution in [2.75, 3.05) is 19.7 Å². The SMILES string of the molecule is O=c1[nH]c(-c2ccc(OCc3sc(-c4ccc(C(F)(F)F)cc4)nc3CN3CCCC(CO)C3)cc2F)no1. The van der Waals surface area contributed by atoms with Crippen molar-refractivity contribution in [2.45, 2.75) is 32.2 Å². The van der Waals surface area contributed by atoms with E-state index in [9.17, 15) is 27.5 Å². The van der Waals surface area contributed by atoms with Crippen molar-refractivity contribution in [3.63, 3.8) is 0 Å². The van der Waals surface area contributed by atoms with E-state index in [-0.39, 0.29) is 36.3 Å². The third kappa shape index (κ3) is 6.37. The fourth-order valence-corrected chi connectivity index (χ4v) is 5.46. The van der Waals surface area contributed by atoms with Crippen LogP contribution in [0.25, 0.3) is 22.0 Å². The molecule has 13 heteroatoms. The molecule has 5 rings (SSSR count). The highest BCUT2D eigenvalue weighted by Gasteiger charge is 2.30. The third-order valence-electron chi connectivity index (χ3n) is 6.48. The lowest BCUT2D eigenvalue weighted by atomic mass is 9.99. The maximum atomic E-state index is 14.7. The Morgan fingerprint density at radius 2 is 2.00 bits per heavy atom. The van der Waals surface area contributed by atoms with Gasteiger partial charge in [-0.1, -0.05) is 17.3 Å². The second-order valence-corrected chi connectivity index (χ2v) is 10.3. The number of aliphatic hydroxyl groups excluding tert-OH is 1. The number of alkyl halides is 3. The first kappa shape index (κ1) is 27.0. The van der Waals surface area contributed by atoms with Crippen LogP contribution in [0.3, 0.4) is 0 Å². The number of aromatic nitrogens is 3. The Labute approximate surface area is 223 Å². The molecule has 0 radical (unpaired) electrons. The number of ether oxygens (including phenoxy) is 1. The van der Waals surface area contributed by atoms with Crippen LogP contribution in [0.15, 0.2) is 51.8 Å². The molecule has 206 valence electrons. The second-order valence-electron chi connectivity index (χ2n) is 9.26. The van der Waals surface area contributed by atoms with E-state index in [0.717, 1.165) is 42.5 Å². The molecule has 4 aromatic rings. The van der Waals surface area contributed by atoms with Gasteiger partial charge in [0.25, 0.3) is 0 Å². The van der Waals surface area contributed by atoms with Crippen molar-refractivity contribution in [2.24, 2.45) is 5.92 Å². The summed E-state index contributed by atoms with van der Waals surface area (Å²) in [5.74, 6) is -1.11. The standard InChI is InChI=1S/C26H24F4N4O4S/c27-20-10-18(7-8-19(20)23-32-25(36)38-33-23)37-14-22-21(12-34-9-1-2-15(11-34)13-35)31-24(39-22)16-3-5-17(6-4-16)26(28,29)30/h3-8,10,15,35H,1-2,9,11-14H2,(H,32,33,36). The molecule has 1 saturated heterocycles. The molecule has 2 aromatic heterocycles. The van der Waals surface area contributed by atoms with Gasteiger partial charge in [-0.15, -0.1) is 11.3 Å². The van der Waals surface area contributed by atoms with Crippen LogP contribution in [0, 0.1) is 11.7 Å². The zero-order valence-corrected chi connectivity index (χ0v) is 21.3. The van der Waals surface area contributed by atoms with Gasteiger partial charge in [0, 0.05) is 31.3 Å². The summed E-state index contributed by atoms with van der Waals surface area (Å²) in [6.07, 6.45) is -2.55. The molecule has 39 heavy (non-hydrogen) atoms. The number of H-pyrrole nitrogens is 1. The van der Waals surface area contributed by atoms with E-state index in [1.165, 1.54) is 35.6 Å². The van der Waals surface area contributed by atoms with Crippen LogP contribution in [-0.2, 0) is 19.3 Å². The molecule has 1 unspecified atom stereocenters. The summed E-state index contributed by atoms with van der Waals surface area (Å²) in [5, 5.41) is 13.6.